The van der Waals surface area contributed by atoms with E-state index in [1.54, 1.807) is 0 Å². The highest BCUT2D eigenvalue weighted by atomic mass is 35.5. The van der Waals surface area contributed by atoms with Crippen LogP contribution in [0.1, 0.15) is 40.0 Å². The summed E-state index contributed by atoms with van der Waals surface area (Å²) < 4.78 is 0. The molecule has 0 rings (SSSR count). The van der Waals surface area contributed by atoms with Crippen molar-refractivity contribution < 1.29 is 5.11 Å². The van der Waals surface area contributed by atoms with Gasteiger partial charge in [-0.05, 0) is 40.0 Å². The quantitative estimate of drug-likeness (QED) is 0.522. The Bertz CT molecular complexity index is 144. The molecule has 0 saturated heterocycles. The molecule has 0 saturated carbocycles. The van der Waals surface area contributed by atoms with E-state index in [1.165, 1.54) is 5.57 Å². The molecule has 0 unspecified atom stereocenters. The summed E-state index contributed by atoms with van der Waals surface area (Å²) in [4.78, 5) is -0.0838. The van der Waals surface area contributed by atoms with E-state index in [9.17, 15) is 0 Å². The lowest BCUT2D eigenvalue weighted by Gasteiger charge is -2.14. The van der Waals surface area contributed by atoms with Gasteiger partial charge in [0.15, 0.2) is 0 Å². The highest BCUT2D eigenvalue weighted by Gasteiger charge is 2.11. The third-order valence-corrected chi connectivity index (χ3v) is 1.97. The van der Waals surface area contributed by atoms with Gasteiger partial charge in [-0.25, -0.2) is 0 Å². The van der Waals surface area contributed by atoms with E-state index < -0.39 is 0 Å². The van der Waals surface area contributed by atoms with Crippen LogP contribution >= 0.6 is 11.6 Å². The first-order valence-electron chi connectivity index (χ1n) is 4.41. The molecular weight excluding hydrogens is 172 g/mol. The van der Waals surface area contributed by atoms with Gasteiger partial charge in [-0.2, -0.15) is 0 Å². The molecule has 0 amide bonds. The van der Waals surface area contributed by atoms with Crippen molar-refractivity contribution in [3.05, 3.63) is 11.6 Å². The van der Waals surface area contributed by atoms with Gasteiger partial charge >= 0.3 is 0 Å². The minimum atomic E-state index is -0.0838. The lowest BCUT2D eigenvalue weighted by molar-refractivity contribution is 0.341. The molecule has 0 aliphatic rings. The first kappa shape index (κ1) is 12.0. The van der Waals surface area contributed by atoms with Gasteiger partial charge in [-0.1, -0.05) is 11.6 Å². The zero-order valence-corrected chi connectivity index (χ0v) is 8.99. The fourth-order valence-electron chi connectivity index (χ4n) is 1.05. The second kappa shape index (κ2) is 5.60. The number of aliphatic hydroxyl groups is 1. The summed E-state index contributed by atoms with van der Waals surface area (Å²) in [5.74, 6) is 0. The van der Waals surface area contributed by atoms with Crippen LogP contribution in [-0.2, 0) is 0 Å². The fraction of sp³-hybridized carbons (Fsp3) is 0.800. The Balaban J connectivity index is 3.50. The maximum atomic E-state index is 8.59. The fourth-order valence-corrected chi connectivity index (χ4v) is 1.18. The predicted octanol–water partition coefficient (Wildman–Crippen LogP) is 3.11. The minimum absolute atomic E-state index is 0.0838. The highest BCUT2D eigenvalue weighted by molar-refractivity contribution is 6.23. The molecule has 0 aliphatic heterocycles. The third kappa shape index (κ3) is 8.09. The first-order valence-corrected chi connectivity index (χ1v) is 4.79. The summed E-state index contributed by atoms with van der Waals surface area (Å²) in [5, 5.41) is 8.59. The molecule has 0 aromatic heterocycles. The van der Waals surface area contributed by atoms with Crippen molar-refractivity contribution >= 4 is 11.6 Å². The first-order chi connectivity index (χ1) is 5.45. The number of hydrogen-bond acceptors (Lipinski definition) is 1. The molecule has 0 heterocycles. The van der Waals surface area contributed by atoms with Crippen molar-refractivity contribution in [3.63, 3.8) is 0 Å². The molecule has 0 spiro atoms. The van der Waals surface area contributed by atoms with E-state index in [0.717, 1.165) is 19.3 Å². The lowest BCUT2D eigenvalue weighted by Crippen LogP contribution is -2.09. The van der Waals surface area contributed by atoms with E-state index >= 15 is 0 Å². The van der Waals surface area contributed by atoms with E-state index in [-0.39, 0.29) is 11.5 Å². The third-order valence-electron chi connectivity index (χ3n) is 1.78. The molecule has 0 aromatic rings. The Labute approximate surface area is 80.4 Å². The second-order valence-electron chi connectivity index (χ2n) is 3.81. The standard InChI is InChI=1S/C10H19ClO/c1-9(6-8-12)5-4-7-10(2,3)11/h6,12H,4-5,7-8H2,1-3H3. The Morgan fingerprint density at radius 1 is 1.50 bits per heavy atom. The average Bonchev–Trinajstić information content (AvgIpc) is 1.84. The summed E-state index contributed by atoms with van der Waals surface area (Å²) in [6.07, 6.45) is 5.00. The molecule has 0 fully saturated rings. The second-order valence-corrected chi connectivity index (χ2v) is 4.83. The van der Waals surface area contributed by atoms with Crippen LogP contribution < -0.4 is 0 Å². The van der Waals surface area contributed by atoms with Crippen molar-refractivity contribution in [2.24, 2.45) is 0 Å². The van der Waals surface area contributed by atoms with Crippen LogP contribution in [0.25, 0.3) is 0 Å². The Morgan fingerprint density at radius 2 is 2.08 bits per heavy atom. The number of alkyl halides is 1. The highest BCUT2D eigenvalue weighted by Crippen LogP contribution is 2.21. The molecule has 0 bridgehead atoms. The maximum absolute atomic E-state index is 8.59. The monoisotopic (exact) mass is 190 g/mol. The van der Waals surface area contributed by atoms with Gasteiger partial charge in [0.05, 0.1) is 6.61 Å². The Hall–Kier alpha value is -0.0100. The number of aliphatic hydroxyl groups excluding tert-OH is 1. The molecule has 0 radical (unpaired) electrons. The summed E-state index contributed by atoms with van der Waals surface area (Å²) in [6.45, 7) is 6.24. The number of halogens is 1. The minimum Gasteiger partial charge on any atom is -0.392 e. The average molecular weight is 191 g/mol. The van der Waals surface area contributed by atoms with Gasteiger partial charge in [0, 0.05) is 4.87 Å². The van der Waals surface area contributed by atoms with Crippen LogP contribution in [0.15, 0.2) is 11.6 Å². The zero-order valence-electron chi connectivity index (χ0n) is 8.23. The lowest BCUT2D eigenvalue weighted by atomic mass is 10.0. The number of rotatable bonds is 5. The van der Waals surface area contributed by atoms with E-state index in [2.05, 4.69) is 0 Å². The largest absolute Gasteiger partial charge is 0.392 e. The molecule has 12 heavy (non-hydrogen) atoms. The van der Waals surface area contributed by atoms with E-state index in [4.69, 9.17) is 16.7 Å². The predicted molar refractivity (Wildman–Crippen MR) is 54.6 cm³/mol. The van der Waals surface area contributed by atoms with Gasteiger partial charge in [0.2, 0.25) is 0 Å². The summed E-state index contributed by atoms with van der Waals surface area (Å²) in [7, 11) is 0. The SMILES string of the molecule is CC(=CCO)CCCC(C)(C)Cl. The van der Waals surface area contributed by atoms with Crippen molar-refractivity contribution in [2.75, 3.05) is 6.61 Å². The maximum Gasteiger partial charge on any atom is 0.0614 e. The topological polar surface area (TPSA) is 20.2 Å². The number of allylic oxidation sites excluding steroid dienone is 1. The molecule has 0 aliphatic carbocycles. The molecular formula is C10H19ClO. The Morgan fingerprint density at radius 3 is 2.50 bits per heavy atom. The summed E-state index contributed by atoms with van der Waals surface area (Å²) in [6, 6.07) is 0. The zero-order chi connectivity index (χ0) is 9.61. The van der Waals surface area contributed by atoms with Gasteiger partial charge in [-0.15, -0.1) is 11.6 Å². The smallest absolute Gasteiger partial charge is 0.0614 e. The molecule has 0 aromatic carbocycles. The van der Waals surface area contributed by atoms with Crippen molar-refractivity contribution in [1.82, 2.24) is 0 Å². The summed E-state index contributed by atoms with van der Waals surface area (Å²) >= 11 is 6.02. The Kier molecular flexibility index (Phi) is 5.60. The van der Waals surface area contributed by atoms with Gasteiger partial charge in [0.1, 0.15) is 0 Å². The molecule has 0 atom stereocenters. The van der Waals surface area contributed by atoms with Crippen LogP contribution in [0.4, 0.5) is 0 Å². The molecule has 1 nitrogen and oxygen atoms in total. The van der Waals surface area contributed by atoms with Gasteiger partial charge < -0.3 is 5.11 Å². The van der Waals surface area contributed by atoms with Gasteiger partial charge in [-0.3, -0.25) is 0 Å². The van der Waals surface area contributed by atoms with Crippen molar-refractivity contribution in [2.45, 2.75) is 44.9 Å². The summed E-state index contributed by atoms with van der Waals surface area (Å²) in [5.41, 5.74) is 1.25. The van der Waals surface area contributed by atoms with Crippen LogP contribution in [0.2, 0.25) is 0 Å². The molecule has 1 N–H and O–H groups in total. The van der Waals surface area contributed by atoms with Crippen molar-refractivity contribution in [1.29, 1.82) is 0 Å². The number of hydrogen-bond donors (Lipinski definition) is 1. The van der Waals surface area contributed by atoms with Crippen molar-refractivity contribution in [3.8, 4) is 0 Å². The van der Waals surface area contributed by atoms with E-state index in [0.29, 0.717) is 0 Å². The van der Waals surface area contributed by atoms with Crippen LogP contribution in [-0.4, -0.2) is 16.6 Å². The molecule has 2 heteroatoms. The van der Waals surface area contributed by atoms with Crippen LogP contribution in [0, 0.1) is 0 Å². The van der Waals surface area contributed by atoms with Crippen LogP contribution in [0.5, 0.6) is 0 Å². The van der Waals surface area contributed by atoms with Crippen LogP contribution in [0.3, 0.4) is 0 Å². The van der Waals surface area contributed by atoms with Gasteiger partial charge in [0.25, 0.3) is 0 Å². The van der Waals surface area contributed by atoms with E-state index in [1.807, 2.05) is 26.8 Å². The normalized spacial score (nSPS) is 13.6. The molecule has 72 valence electrons.